The Hall–Kier alpha value is -2.64. The van der Waals surface area contributed by atoms with Gasteiger partial charge in [0, 0.05) is 29.4 Å². The average molecular weight is 495 g/mol. The molecule has 0 heterocycles. The van der Waals surface area contributed by atoms with E-state index in [4.69, 9.17) is 0 Å². The first-order valence-electron chi connectivity index (χ1n) is 12.1. The first kappa shape index (κ1) is 25.5. The minimum atomic E-state index is -1.36. The van der Waals surface area contributed by atoms with E-state index in [1.54, 1.807) is 18.7 Å². The van der Waals surface area contributed by atoms with E-state index in [0.717, 1.165) is 40.7 Å². The number of rotatable bonds is 8. The maximum Gasteiger partial charge on any atom is 0.243 e. The van der Waals surface area contributed by atoms with Gasteiger partial charge in [0.05, 0.1) is 6.04 Å². The monoisotopic (exact) mass is 494 g/mol. The van der Waals surface area contributed by atoms with Gasteiger partial charge in [-0.3, -0.25) is 14.4 Å². The molecule has 0 saturated heterocycles. The Morgan fingerprint density at radius 1 is 1.14 bits per heavy atom. The summed E-state index contributed by atoms with van der Waals surface area (Å²) in [5.74, 6) is 0.341. The molecular formula is C28H34N2O4S. The number of carbonyl (C=O) groups is 3. The number of allylic oxidation sites excluding steroid dienone is 3. The Morgan fingerprint density at radius 3 is 2.40 bits per heavy atom. The van der Waals surface area contributed by atoms with E-state index in [-0.39, 0.29) is 23.6 Å². The van der Waals surface area contributed by atoms with Crippen LogP contribution < -0.4 is 10.6 Å². The molecule has 7 heteroatoms. The van der Waals surface area contributed by atoms with Gasteiger partial charge >= 0.3 is 0 Å². The number of carbonyl (C=O) groups excluding carboxylic acids is 3. The van der Waals surface area contributed by atoms with Crippen molar-refractivity contribution in [3.05, 3.63) is 69.8 Å². The van der Waals surface area contributed by atoms with Crippen molar-refractivity contribution >= 4 is 29.4 Å². The fourth-order valence-corrected chi connectivity index (χ4v) is 6.61. The van der Waals surface area contributed by atoms with Gasteiger partial charge in [-0.15, -0.1) is 0 Å². The molecule has 1 saturated carbocycles. The molecule has 0 bridgehead atoms. The van der Waals surface area contributed by atoms with Crippen molar-refractivity contribution in [3.8, 4) is 0 Å². The van der Waals surface area contributed by atoms with Gasteiger partial charge in [0.15, 0.2) is 5.78 Å². The maximum atomic E-state index is 13.1. The summed E-state index contributed by atoms with van der Waals surface area (Å²) < 4.78 is 0. The summed E-state index contributed by atoms with van der Waals surface area (Å²) in [6.07, 6.45) is 3.52. The third-order valence-corrected chi connectivity index (χ3v) is 8.81. The largest absolute Gasteiger partial charge is 0.381 e. The Balaban J connectivity index is 1.45. The number of aliphatic hydroxyl groups is 1. The lowest BCUT2D eigenvalue weighted by Gasteiger charge is -2.39. The van der Waals surface area contributed by atoms with Crippen molar-refractivity contribution < 1.29 is 19.5 Å². The number of fused-ring (bicyclic) bond motifs is 1. The van der Waals surface area contributed by atoms with Gasteiger partial charge in [-0.1, -0.05) is 35.9 Å². The van der Waals surface area contributed by atoms with Gasteiger partial charge in [-0.2, -0.15) is 11.8 Å². The molecule has 0 unspecified atom stereocenters. The third-order valence-electron chi connectivity index (χ3n) is 7.75. The Kier molecular flexibility index (Phi) is 6.86. The lowest BCUT2D eigenvalue weighted by atomic mass is 9.67. The van der Waals surface area contributed by atoms with Crippen LogP contribution in [0, 0.1) is 5.41 Å². The lowest BCUT2D eigenvalue weighted by Crippen LogP contribution is -2.49. The van der Waals surface area contributed by atoms with Crippen molar-refractivity contribution in [1.82, 2.24) is 10.6 Å². The second-order valence-electron chi connectivity index (χ2n) is 10.1. The minimum Gasteiger partial charge on any atom is -0.381 e. The van der Waals surface area contributed by atoms with E-state index in [1.165, 1.54) is 6.92 Å². The van der Waals surface area contributed by atoms with Crippen molar-refractivity contribution in [3.63, 3.8) is 0 Å². The molecule has 186 valence electrons. The van der Waals surface area contributed by atoms with E-state index >= 15 is 0 Å². The van der Waals surface area contributed by atoms with Gasteiger partial charge in [-0.05, 0) is 68.9 Å². The van der Waals surface area contributed by atoms with Gasteiger partial charge in [0.2, 0.25) is 11.8 Å². The summed E-state index contributed by atoms with van der Waals surface area (Å²) in [6.45, 7) is 9.01. The first-order chi connectivity index (χ1) is 16.5. The van der Waals surface area contributed by atoms with Crippen LogP contribution in [0.15, 0.2) is 64.3 Å². The summed E-state index contributed by atoms with van der Waals surface area (Å²) in [4.78, 5) is 38.0. The molecule has 3 aliphatic carbocycles. The van der Waals surface area contributed by atoms with Crippen molar-refractivity contribution in [2.24, 2.45) is 5.41 Å². The molecule has 1 spiro atoms. The fraction of sp³-hybridized carbons (Fsp3) is 0.464. The van der Waals surface area contributed by atoms with Crippen molar-refractivity contribution in [1.29, 1.82) is 0 Å². The SMILES string of the molecule is CC(=O)N[C@@H](CSCC1=C(C)C=C2C(=O)[C@](C)(O)C3(CC3)C(C)=C21)C(=O)N[C@@H](C)c1ccccc1. The number of hydrogen-bond donors (Lipinski definition) is 3. The molecule has 4 rings (SSSR count). The molecule has 1 aromatic carbocycles. The molecule has 0 radical (unpaired) electrons. The summed E-state index contributed by atoms with van der Waals surface area (Å²) in [6, 6.07) is 8.85. The van der Waals surface area contributed by atoms with E-state index < -0.39 is 17.1 Å². The van der Waals surface area contributed by atoms with Crippen LogP contribution in [0.2, 0.25) is 0 Å². The highest BCUT2D eigenvalue weighted by Crippen LogP contribution is 2.65. The van der Waals surface area contributed by atoms with Crippen LogP contribution >= 0.6 is 11.8 Å². The number of benzene rings is 1. The molecule has 35 heavy (non-hydrogen) atoms. The molecule has 3 aliphatic rings. The molecule has 3 atom stereocenters. The lowest BCUT2D eigenvalue weighted by molar-refractivity contribution is -0.137. The second-order valence-corrected chi connectivity index (χ2v) is 11.1. The highest BCUT2D eigenvalue weighted by atomic mass is 32.2. The van der Waals surface area contributed by atoms with Crippen LogP contribution in [0.25, 0.3) is 0 Å². The highest BCUT2D eigenvalue weighted by molar-refractivity contribution is 7.99. The van der Waals surface area contributed by atoms with Crippen LogP contribution in [0.3, 0.4) is 0 Å². The molecule has 0 aliphatic heterocycles. The average Bonchev–Trinajstić information content (AvgIpc) is 3.57. The summed E-state index contributed by atoms with van der Waals surface area (Å²) in [5.41, 5.74) is 3.94. The second kappa shape index (κ2) is 9.43. The number of hydrogen-bond acceptors (Lipinski definition) is 5. The Bertz CT molecular complexity index is 1160. The van der Waals surface area contributed by atoms with Crippen LogP contribution in [0.4, 0.5) is 0 Å². The van der Waals surface area contributed by atoms with Crippen molar-refractivity contribution in [2.75, 3.05) is 11.5 Å². The number of nitrogens with one attached hydrogen (secondary N) is 2. The molecule has 0 aromatic heterocycles. The Morgan fingerprint density at radius 2 is 1.80 bits per heavy atom. The van der Waals surface area contributed by atoms with Crippen LogP contribution in [0.1, 0.15) is 59.1 Å². The first-order valence-corrected chi connectivity index (χ1v) is 13.3. The van der Waals surface area contributed by atoms with Gasteiger partial charge in [0.25, 0.3) is 0 Å². The normalized spacial score (nSPS) is 24.2. The topological polar surface area (TPSA) is 95.5 Å². The summed E-state index contributed by atoms with van der Waals surface area (Å²) in [5, 5.41) is 16.8. The van der Waals surface area contributed by atoms with Crippen molar-refractivity contribution in [2.45, 2.75) is 65.1 Å². The molecule has 1 aromatic rings. The predicted octanol–water partition coefficient (Wildman–Crippen LogP) is 3.79. The third kappa shape index (κ3) is 4.52. The standard InChI is InChI=1S/C28H34N2O4S/c1-16-13-21-24(17(2)28(11-12-28)27(5,34)25(21)32)22(16)14-35-15-23(30-19(4)31)26(33)29-18(3)20-9-7-6-8-10-20/h6-10,13,18,23,34H,11-12,14-15H2,1-5H3,(H,29,33)(H,30,31)/t18-,23-,27-/m0/s1. The van der Waals surface area contributed by atoms with Gasteiger partial charge in [-0.25, -0.2) is 0 Å². The zero-order chi connectivity index (χ0) is 25.5. The summed E-state index contributed by atoms with van der Waals surface area (Å²) in [7, 11) is 0. The van der Waals surface area contributed by atoms with Crippen LogP contribution in [-0.2, 0) is 14.4 Å². The quantitative estimate of drug-likeness (QED) is 0.511. The minimum absolute atomic E-state index is 0.180. The van der Waals surface area contributed by atoms with E-state index in [9.17, 15) is 19.5 Å². The van der Waals surface area contributed by atoms with Gasteiger partial charge in [0.1, 0.15) is 11.6 Å². The van der Waals surface area contributed by atoms with E-state index in [0.29, 0.717) is 17.1 Å². The maximum absolute atomic E-state index is 13.1. The van der Waals surface area contributed by atoms with E-state index in [1.807, 2.05) is 57.2 Å². The van der Waals surface area contributed by atoms with Crippen LogP contribution in [-0.4, -0.2) is 45.9 Å². The predicted molar refractivity (Wildman–Crippen MR) is 139 cm³/mol. The number of thioether (sulfide) groups is 1. The fourth-order valence-electron chi connectivity index (χ4n) is 5.45. The summed E-state index contributed by atoms with van der Waals surface area (Å²) >= 11 is 1.56. The number of amides is 2. The molecular weight excluding hydrogens is 460 g/mol. The highest BCUT2D eigenvalue weighted by Gasteiger charge is 2.65. The Labute approximate surface area is 211 Å². The smallest absolute Gasteiger partial charge is 0.243 e. The molecule has 2 amide bonds. The molecule has 3 N–H and O–H groups in total. The van der Waals surface area contributed by atoms with Gasteiger partial charge < -0.3 is 15.7 Å². The molecule has 6 nitrogen and oxygen atoms in total. The molecule has 1 fully saturated rings. The van der Waals surface area contributed by atoms with Crippen LogP contribution in [0.5, 0.6) is 0 Å². The zero-order valence-corrected chi connectivity index (χ0v) is 21.8. The van der Waals surface area contributed by atoms with E-state index in [2.05, 4.69) is 10.6 Å². The number of ketones is 1. The number of Topliss-reactive ketones (excluding diaryl/α,β-unsaturated/α-hetero) is 1. The zero-order valence-electron chi connectivity index (χ0n) is 21.0.